The zero-order chi connectivity index (χ0) is 28.2. The molecule has 0 spiro atoms. The maximum Gasteiger partial charge on any atom is 2.00 e. The van der Waals surface area contributed by atoms with Crippen LogP contribution in [0.3, 0.4) is 0 Å². The molecule has 0 fully saturated rings. The molecule has 2 aromatic carbocycles. The van der Waals surface area contributed by atoms with E-state index in [1.165, 1.54) is 12.1 Å². The summed E-state index contributed by atoms with van der Waals surface area (Å²) in [6.45, 7) is 18.9. The molecule has 4 rings (SSSR count). The van der Waals surface area contributed by atoms with Gasteiger partial charge in [-0.1, -0.05) is 24.3 Å². The molecule has 0 N–H and O–H groups in total. The van der Waals surface area contributed by atoms with E-state index in [1.54, 1.807) is 24.3 Å². The van der Waals surface area contributed by atoms with Crippen molar-refractivity contribution < 1.29 is 21.1 Å². The van der Waals surface area contributed by atoms with Gasteiger partial charge in [-0.25, -0.2) is 25.5 Å². The van der Waals surface area contributed by atoms with Crippen molar-refractivity contribution in [2.24, 2.45) is 0 Å². The van der Waals surface area contributed by atoms with Gasteiger partial charge in [-0.05, 0) is 59.6 Å². The van der Waals surface area contributed by atoms with E-state index in [4.69, 9.17) is 23.1 Å². The fourth-order valence-electron chi connectivity index (χ4n) is 4.07. The molecule has 188 valence electrons. The molecule has 40 heavy (non-hydrogen) atoms. The minimum atomic E-state index is -0.753. The first-order valence-corrected chi connectivity index (χ1v) is 11.3. The molecular weight excluding hydrogens is 679 g/mol. The SMILES string of the molecule is [C-]#[N+]c1c(-c2cccc(C(C)(C)c3cccc(-c4[c-]cc(C#N)c(C#N)c4C#N)n3)n2)[c-]cc(C#N)c1[N+]#[C-].[Pt+2]. The smallest absolute Gasteiger partial charge is 0.300 e. The van der Waals surface area contributed by atoms with E-state index >= 15 is 0 Å². The Balaban J connectivity index is 0.00000441. The van der Waals surface area contributed by atoms with Gasteiger partial charge in [0.15, 0.2) is 0 Å². The van der Waals surface area contributed by atoms with Crippen LogP contribution in [-0.4, -0.2) is 9.97 Å². The second kappa shape index (κ2) is 11.8. The van der Waals surface area contributed by atoms with E-state index in [0.29, 0.717) is 33.9 Å². The molecule has 9 heteroatoms. The summed E-state index contributed by atoms with van der Waals surface area (Å²) >= 11 is 0. The molecule has 8 nitrogen and oxygen atoms in total. The second-order valence-electron chi connectivity index (χ2n) is 8.71. The van der Waals surface area contributed by atoms with Crippen molar-refractivity contribution in [3.63, 3.8) is 0 Å². The summed E-state index contributed by atoms with van der Waals surface area (Å²) in [5.41, 5.74) is 2.06. The molecule has 0 saturated heterocycles. The van der Waals surface area contributed by atoms with Crippen molar-refractivity contribution in [3.05, 3.63) is 117 Å². The zero-order valence-corrected chi connectivity index (χ0v) is 23.3. The summed E-state index contributed by atoms with van der Waals surface area (Å²) < 4.78 is 0. The monoisotopic (exact) mass is 693 g/mol. The van der Waals surface area contributed by atoms with Gasteiger partial charge in [-0.3, -0.25) is 0 Å². The topological polar surface area (TPSA) is 130 Å². The standard InChI is InChI=1S/C31H14N8.Pt/c1-31(2,27-9-5-7-25(38-27)21-13-11-19(15-32)23(17-34)24(21)18-35)28-10-6-8-26(39-28)22-14-12-20(16-33)29(36-3)30(22)37-4;/h5-12H,1-2H3;/q-2;+2. The molecule has 0 unspecified atom stereocenters. The summed E-state index contributed by atoms with van der Waals surface area (Å²) in [5.74, 6) is 0. The Morgan fingerprint density at radius 3 is 1.70 bits per heavy atom. The first-order chi connectivity index (χ1) is 18.8. The van der Waals surface area contributed by atoms with Gasteiger partial charge < -0.3 is 9.97 Å². The number of pyridine rings is 2. The van der Waals surface area contributed by atoms with Crippen LogP contribution in [0.1, 0.15) is 47.5 Å². The number of hydrogen-bond acceptors (Lipinski definition) is 6. The van der Waals surface area contributed by atoms with Crippen LogP contribution in [0.15, 0.2) is 48.5 Å². The number of aromatic nitrogens is 2. The van der Waals surface area contributed by atoms with Crippen LogP contribution in [0.4, 0.5) is 11.4 Å². The molecule has 0 bridgehead atoms. The third-order valence-electron chi connectivity index (χ3n) is 6.19. The van der Waals surface area contributed by atoms with Gasteiger partial charge in [0.2, 0.25) is 11.4 Å². The van der Waals surface area contributed by atoms with Crippen LogP contribution in [0, 0.1) is 70.6 Å². The van der Waals surface area contributed by atoms with Crippen molar-refractivity contribution in [1.82, 2.24) is 9.97 Å². The van der Waals surface area contributed by atoms with E-state index in [9.17, 15) is 21.0 Å². The number of hydrogen-bond donors (Lipinski definition) is 0. The zero-order valence-electron chi connectivity index (χ0n) is 21.0. The Bertz CT molecular complexity index is 1780. The van der Waals surface area contributed by atoms with Gasteiger partial charge in [0.05, 0.1) is 12.6 Å². The number of nitrogens with zero attached hydrogens (tertiary/aromatic N) is 8. The summed E-state index contributed by atoms with van der Waals surface area (Å²) in [6, 6.07) is 27.0. The van der Waals surface area contributed by atoms with E-state index in [0.717, 1.165) is 0 Å². The van der Waals surface area contributed by atoms with Gasteiger partial charge in [0.25, 0.3) is 0 Å². The van der Waals surface area contributed by atoms with Crippen molar-refractivity contribution in [2.75, 3.05) is 0 Å². The minimum absolute atomic E-state index is 0. The summed E-state index contributed by atoms with van der Waals surface area (Å²) in [6.07, 6.45) is 0. The number of rotatable bonds is 4. The fourth-order valence-corrected chi connectivity index (χ4v) is 4.07. The molecule has 0 aliphatic heterocycles. The van der Waals surface area contributed by atoms with Gasteiger partial charge in [0, 0.05) is 40.6 Å². The van der Waals surface area contributed by atoms with Crippen molar-refractivity contribution in [2.45, 2.75) is 19.3 Å². The van der Waals surface area contributed by atoms with Crippen molar-refractivity contribution in [1.29, 1.82) is 21.0 Å². The third kappa shape index (κ3) is 4.93. The van der Waals surface area contributed by atoms with Crippen LogP contribution in [0.2, 0.25) is 0 Å². The minimum Gasteiger partial charge on any atom is -0.300 e. The summed E-state index contributed by atoms with van der Waals surface area (Å²) in [7, 11) is 0. The largest absolute Gasteiger partial charge is 2.00 e. The summed E-state index contributed by atoms with van der Waals surface area (Å²) in [5, 5.41) is 37.9. The fraction of sp³-hybridized carbons (Fsp3) is 0.0968. The van der Waals surface area contributed by atoms with E-state index in [2.05, 4.69) is 21.8 Å². The molecule has 0 atom stereocenters. The molecule has 0 aliphatic rings. The number of benzene rings is 2. The van der Waals surface area contributed by atoms with Gasteiger partial charge in [-0.15, -0.1) is 29.8 Å². The molecule has 4 aromatic rings. The molecule has 0 aliphatic carbocycles. The predicted molar refractivity (Wildman–Crippen MR) is 141 cm³/mol. The average molecular weight is 694 g/mol. The Morgan fingerprint density at radius 2 is 1.20 bits per heavy atom. The van der Waals surface area contributed by atoms with Crippen LogP contribution in [0.5, 0.6) is 0 Å². The van der Waals surface area contributed by atoms with Gasteiger partial charge in [-0.2, -0.15) is 5.26 Å². The summed E-state index contributed by atoms with van der Waals surface area (Å²) in [4.78, 5) is 16.4. The predicted octanol–water partition coefficient (Wildman–Crippen LogP) is 6.32. The van der Waals surface area contributed by atoms with E-state index in [1.807, 2.05) is 50.3 Å². The quantitative estimate of drug-likeness (QED) is 0.230. The number of nitriles is 4. The molecule has 0 saturated carbocycles. The maximum absolute atomic E-state index is 9.74. The molecule has 2 heterocycles. The average Bonchev–Trinajstić information content (AvgIpc) is 2.99. The van der Waals surface area contributed by atoms with Gasteiger partial charge >= 0.3 is 21.1 Å². The van der Waals surface area contributed by atoms with Crippen LogP contribution < -0.4 is 0 Å². The first-order valence-electron chi connectivity index (χ1n) is 11.3. The second-order valence-corrected chi connectivity index (χ2v) is 8.71. The Labute approximate surface area is 245 Å². The van der Waals surface area contributed by atoms with Crippen molar-refractivity contribution in [3.8, 4) is 46.8 Å². The normalized spacial score (nSPS) is 9.90. The van der Waals surface area contributed by atoms with E-state index < -0.39 is 5.41 Å². The van der Waals surface area contributed by atoms with Crippen LogP contribution in [0.25, 0.3) is 32.2 Å². The molecule has 2 aromatic heterocycles. The third-order valence-corrected chi connectivity index (χ3v) is 6.19. The van der Waals surface area contributed by atoms with E-state index in [-0.39, 0.29) is 54.7 Å². The molecular formula is C31H14N8Pt. The molecule has 0 radical (unpaired) electrons. The molecule has 0 amide bonds. The Kier molecular flexibility index (Phi) is 8.55. The maximum atomic E-state index is 9.74. The first kappa shape index (κ1) is 28.9. The van der Waals surface area contributed by atoms with Crippen LogP contribution in [-0.2, 0) is 26.5 Å². The van der Waals surface area contributed by atoms with Crippen LogP contribution >= 0.6 is 0 Å². The Morgan fingerprint density at radius 1 is 0.700 bits per heavy atom. The van der Waals surface area contributed by atoms with Gasteiger partial charge in [0.1, 0.15) is 6.57 Å². The Hall–Kier alpha value is -5.63. The van der Waals surface area contributed by atoms with Crippen molar-refractivity contribution >= 4 is 11.4 Å².